The Hall–Kier alpha value is -3.01. The number of fused-ring (bicyclic) bond motifs is 1. The molecule has 34 heavy (non-hydrogen) atoms. The lowest BCUT2D eigenvalue weighted by Gasteiger charge is -2.38. The SMILES string of the molecule is O=C(O)c1cn(Cc2c(F)cccc2Cl)c2cc(N3CCC4(CC3)OCCO4)c(F)cc2c1=O. The summed E-state index contributed by atoms with van der Waals surface area (Å²) in [4.78, 5) is 26.3. The van der Waals surface area contributed by atoms with Crippen molar-refractivity contribution in [2.75, 3.05) is 31.2 Å². The predicted molar refractivity (Wildman–Crippen MR) is 122 cm³/mol. The van der Waals surface area contributed by atoms with Crippen molar-refractivity contribution >= 4 is 34.2 Å². The number of ether oxygens (including phenoxy) is 2. The molecule has 2 saturated heterocycles. The van der Waals surface area contributed by atoms with Gasteiger partial charge in [0.2, 0.25) is 5.43 Å². The molecule has 1 spiro atoms. The molecule has 1 N–H and O–H groups in total. The van der Waals surface area contributed by atoms with E-state index in [1.165, 1.54) is 28.8 Å². The first-order chi connectivity index (χ1) is 16.3. The normalized spacial score (nSPS) is 17.6. The number of aromatic carboxylic acids is 1. The van der Waals surface area contributed by atoms with E-state index in [1.54, 1.807) is 0 Å². The molecule has 178 valence electrons. The summed E-state index contributed by atoms with van der Waals surface area (Å²) >= 11 is 6.18. The summed E-state index contributed by atoms with van der Waals surface area (Å²) in [5.41, 5.74) is -0.681. The molecule has 2 fully saturated rings. The first-order valence-electron chi connectivity index (χ1n) is 10.8. The molecular formula is C24H21ClF2N2O5. The van der Waals surface area contributed by atoms with Crippen molar-refractivity contribution < 1.29 is 28.2 Å². The Balaban J connectivity index is 1.61. The van der Waals surface area contributed by atoms with E-state index in [0.29, 0.717) is 39.1 Å². The number of carbonyl (C=O) groups is 1. The summed E-state index contributed by atoms with van der Waals surface area (Å²) in [5, 5.41) is 9.56. The molecule has 2 aliphatic heterocycles. The molecule has 2 aliphatic rings. The van der Waals surface area contributed by atoms with E-state index >= 15 is 4.39 Å². The summed E-state index contributed by atoms with van der Waals surface area (Å²) in [7, 11) is 0. The Bertz CT molecular complexity index is 1320. The second-order valence-electron chi connectivity index (χ2n) is 8.42. The van der Waals surface area contributed by atoms with E-state index in [4.69, 9.17) is 21.1 Å². The summed E-state index contributed by atoms with van der Waals surface area (Å²) in [5.74, 6) is -3.31. The molecule has 0 aliphatic carbocycles. The van der Waals surface area contributed by atoms with Gasteiger partial charge in [-0.2, -0.15) is 0 Å². The van der Waals surface area contributed by atoms with Crippen molar-refractivity contribution in [1.82, 2.24) is 4.57 Å². The molecule has 1 aromatic heterocycles. The zero-order valence-electron chi connectivity index (χ0n) is 18.0. The summed E-state index contributed by atoms with van der Waals surface area (Å²) in [6.07, 6.45) is 2.25. The van der Waals surface area contributed by atoms with Gasteiger partial charge in [-0.3, -0.25) is 4.79 Å². The van der Waals surface area contributed by atoms with Gasteiger partial charge in [-0.1, -0.05) is 17.7 Å². The van der Waals surface area contributed by atoms with Gasteiger partial charge in [0.05, 0.1) is 31.0 Å². The van der Waals surface area contributed by atoms with Crippen LogP contribution in [0.4, 0.5) is 14.5 Å². The topological polar surface area (TPSA) is 81.0 Å². The Labute approximate surface area is 198 Å². The van der Waals surface area contributed by atoms with E-state index in [-0.39, 0.29) is 33.7 Å². The molecule has 2 aromatic carbocycles. The number of anilines is 1. The predicted octanol–water partition coefficient (Wildman–Crippen LogP) is 4.02. The average Bonchev–Trinajstić information content (AvgIpc) is 3.26. The van der Waals surface area contributed by atoms with Crippen LogP contribution in [0.25, 0.3) is 10.9 Å². The Morgan fingerprint density at radius 2 is 1.82 bits per heavy atom. The van der Waals surface area contributed by atoms with E-state index in [2.05, 4.69) is 0 Å². The van der Waals surface area contributed by atoms with Crippen molar-refractivity contribution in [3.05, 3.63) is 74.5 Å². The van der Waals surface area contributed by atoms with Gasteiger partial charge in [0.1, 0.15) is 17.2 Å². The number of benzene rings is 2. The lowest BCUT2D eigenvalue weighted by Crippen LogP contribution is -2.45. The third-order valence-electron chi connectivity index (χ3n) is 6.45. The Morgan fingerprint density at radius 1 is 1.12 bits per heavy atom. The van der Waals surface area contributed by atoms with E-state index in [1.807, 2.05) is 4.90 Å². The van der Waals surface area contributed by atoms with Gasteiger partial charge in [-0.15, -0.1) is 0 Å². The van der Waals surface area contributed by atoms with Crippen molar-refractivity contribution in [3.8, 4) is 0 Å². The quantitative estimate of drug-likeness (QED) is 0.595. The van der Waals surface area contributed by atoms with Gasteiger partial charge < -0.3 is 24.0 Å². The largest absolute Gasteiger partial charge is 0.477 e. The van der Waals surface area contributed by atoms with Crippen molar-refractivity contribution in [2.24, 2.45) is 0 Å². The molecule has 0 bridgehead atoms. The minimum Gasteiger partial charge on any atom is -0.477 e. The van der Waals surface area contributed by atoms with Crippen LogP contribution >= 0.6 is 11.6 Å². The summed E-state index contributed by atoms with van der Waals surface area (Å²) in [6, 6.07) is 6.77. The average molecular weight is 491 g/mol. The number of carboxylic acids is 1. The van der Waals surface area contributed by atoms with Crippen LogP contribution in [0.5, 0.6) is 0 Å². The highest BCUT2D eigenvalue weighted by Crippen LogP contribution is 2.35. The number of nitrogens with zero attached hydrogens (tertiary/aromatic N) is 2. The fraction of sp³-hybridized carbons (Fsp3) is 0.333. The number of hydrogen-bond donors (Lipinski definition) is 1. The lowest BCUT2D eigenvalue weighted by atomic mass is 10.0. The molecule has 0 amide bonds. The zero-order chi connectivity index (χ0) is 24.0. The number of hydrogen-bond acceptors (Lipinski definition) is 5. The maximum Gasteiger partial charge on any atom is 0.341 e. The van der Waals surface area contributed by atoms with Gasteiger partial charge in [-0.25, -0.2) is 13.6 Å². The number of rotatable bonds is 4. The van der Waals surface area contributed by atoms with Gasteiger partial charge in [-0.05, 0) is 24.3 Å². The molecular weight excluding hydrogens is 470 g/mol. The molecule has 3 aromatic rings. The van der Waals surface area contributed by atoms with E-state index < -0.39 is 34.4 Å². The first-order valence-corrected chi connectivity index (χ1v) is 11.2. The molecule has 0 atom stereocenters. The summed E-state index contributed by atoms with van der Waals surface area (Å²) < 4.78 is 42.6. The fourth-order valence-corrected chi connectivity index (χ4v) is 4.88. The van der Waals surface area contributed by atoms with Crippen LogP contribution in [0.15, 0.2) is 41.3 Å². The van der Waals surface area contributed by atoms with Crippen LogP contribution in [-0.4, -0.2) is 47.7 Å². The number of halogens is 3. The molecule has 3 heterocycles. The van der Waals surface area contributed by atoms with Gasteiger partial charge in [0.15, 0.2) is 5.79 Å². The number of piperidine rings is 1. The van der Waals surface area contributed by atoms with Crippen LogP contribution in [0.3, 0.4) is 0 Å². The second kappa shape index (κ2) is 8.65. The van der Waals surface area contributed by atoms with Crippen LogP contribution < -0.4 is 10.3 Å². The maximum atomic E-state index is 15.2. The molecule has 0 radical (unpaired) electrons. The smallest absolute Gasteiger partial charge is 0.341 e. The van der Waals surface area contributed by atoms with Crippen molar-refractivity contribution in [2.45, 2.75) is 25.2 Å². The molecule has 10 heteroatoms. The third kappa shape index (κ3) is 3.93. The number of aromatic nitrogens is 1. The maximum absolute atomic E-state index is 15.2. The highest BCUT2D eigenvalue weighted by Gasteiger charge is 2.40. The minimum absolute atomic E-state index is 0.107. The first kappa shape index (κ1) is 22.8. The molecule has 0 saturated carbocycles. The van der Waals surface area contributed by atoms with E-state index in [9.17, 15) is 19.1 Å². The van der Waals surface area contributed by atoms with Crippen LogP contribution in [0, 0.1) is 11.6 Å². The summed E-state index contributed by atoms with van der Waals surface area (Å²) in [6.45, 7) is 1.86. The van der Waals surface area contributed by atoms with Crippen molar-refractivity contribution in [3.63, 3.8) is 0 Å². The standard InChI is InChI=1S/C24H21ClF2N2O5/c25-17-2-1-3-18(26)15(17)12-29-13-16(23(31)32)22(30)14-10-19(27)21(11-20(14)29)28-6-4-24(5-7-28)33-8-9-34-24/h1-3,10-11,13H,4-9,12H2,(H,31,32). The second-order valence-corrected chi connectivity index (χ2v) is 8.83. The Morgan fingerprint density at radius 3 is 2.47 bits per heavy atom. The lowest BCUT2D eigenvalue weighted by molar-refractivity contribution is -0.169. The zero-order valence-corrected chi connectivity index (χ0v) is 18.8. The monoisotopic (exact) mass is 490 g/mol. The minimum atomic E-state index is -1.46. The molecule has 7 nitrogen and oxygen atoms in total. The molecule has 5 rings (SSSR count). The van der Waals surface area contributed by atoms with Crippen LogP contribution in [0.2, 0.25) is 5.02 Å². The van der Waals surface area contributed by atoms with E-state index in [0.717, 1.165) is 12.3 Å². The van der Waals surface area contributed by atoms with Crippen molar-refractivity contribution in [1.29, 1.82) is 0 Å². The van der Waals surface area contributed by atoms with Crippen LogP contribution in [0.1, 0.15) is 28.8 Å². The van der Waals surface area contributed by atoms with Gasteiger partial charge in [0.25, 0.3) is 0 Å². The fourth-order valence-electron chi connectivity index (χ4n) is 4.65. The third-order valence-corrected chi connectivity index (χ3v) is 6.80. The Kier molecular flexibility index (Phi) is 5.79. The number of pyridine rings is 1. The highest BCUT2D eigenvalue weighted by molar-refractivity contribution is 6.31. The van der Waals surface area contributed by atoms with Gasteiger partial charge >= 0.3 is 5.97 Å². The number of carboxylic acid groups (broad SMARTS) is 1. The highest BCUT2D eigenvalue weighted by atomic mass is 35.5. The van der Waals surface area contributed by atoms with Crippen LogP contribution in [-0.2, 0) is 16.0 Å². The molecule has 0 unspecified atom stereocenters. The van der Waals surface area contributed by atoms with Gasteiger partial charge in [0, 0.05) is 48.1 Å².